The van der Waals surface area contributed by atoms with E-state index in [1.165, 1.54) is 12.0 Å². The molecule has 2 aliphatic rings. The fourth-order valence-corrected chi connectivity index (χ4v) is 3.28. The van der Waals surface area contributed by atoms with Crippen LogP contribution < -0.4 is 10.6 Å². The highest BCUT2D eigenvalue weighted by molar-refractivity contribution is 5.92. The summed E-state index contributed by atoms with van der Waals surface area (Å²) < 4.78 is 5.39. The number of carbonyl (C=O) groups excluding carboxylic acids is 1. The Balaban J connectivity index is 0.00000156. The molecule has 5 nitrogen and oxygen atoms in total. The molecule has 0 spiro atoms. The van der Waals surface area contributed by atoms with E-state index in [1.807, 2.05) is 6.92 Å². The highest BCUT2D eigenvalue weighted by atomic mass is 35.5. The Bertz CT molecular complexity index is 545. The molecule has 1 amide bonds. The Morgan fingerprint density at radius 3 is 2.76 bits per heavy atom. The van der Waals surface area contributed by atoms with Gasteiger partial charge in [-0.3, -0.25) is 9.69 Å². The van der Waals surface area contributed by atoms with Crippen LogP contribution in [0, 0.1) is 6.92 Å². The molecule has 0 aliphatic carbocycles. The number of benzene rings is 1. The molecule has 3 rings (SSSR count). The predicted molar refractivity (Wildman–Crippen MR) is 106 cm³/mol. The number of nitrogens with zero attached hydrogens (tertiary/aromatic N) is 1. The van der Waals surface area contributed by atoms with Gasteiger partial charge >= 0.3 is 0 Å². The van der Waals surface area contributed by atoms with Crippen molar-refractivity contribution in [3.05, 3.63) is 29.3 Å². The second kappa shape index (κ2) is 11.0. The number of nitrogens with one attached hydrogen (secondary N) is 2. The number of carbonyl (C=O) groups is 1. The molecule has 1 aromatic carbocycles. The first-order valence-electron chi connectivity index (χ1n) is 8.63. The van der Waals surface area contributed by atoms with E-state index in [-0.39, 0.29) is 30.7 Å². The topological polar surface area (TPSA) is 53.6 Å². The van der Waals surface area contributed by atoms with Crippen molar-refractivity contribution in [1.82, 2.24) is 10.2 Å². The van der Waals surface area contributed by atoms with Crippen LogP contribution in [0.15, 0.2) is 18.2 Å². The standard InChI is InChI=1S/C18H27N3O2.2ClH/c1-14-4-5-15(13-21-7-9-23-10-8-21)11-17(14)20-18(22)12-16-3-2-6-19-16;;/h4-5,11,16,19H,2-3,6-10,12-13H2,1H3,(H,20,22);2*1H. The van der Waals surface area contributed by atoms with Crippen LogP contribution in [0.1, 0.15) is 30.4 Å². The van der Waals surface area contributed by atoms with Gasteiger partial charge in [0.15, 0.2) is 0 Å². The predicted octanol–water partition coefficient (Wildman–Crippen LogP) is 2.75. The third-order valence-corrected chi connectivity index (χ3v) is 4.68. The van der Waals surface area contributed by atoms with E-state index in [1.54, 1.807) is 0 Å². The van der Waals surface area contributed by atoms with E-state index >= 15 is 0 Å². The Hall–Kier alpha value is -0.850. The number of ether oxygens (including phenoxy) is 1. The lowest BCUT2D eigenvalue weighted by Crippen LogP contribution is -2.35. The summed E-state index contributed by atoms with van der Waals surface area (Å²) in [4.78, 5) is 14.6. The first kappa shape index (κ1) is 22.2. The van der Waals surface area contributed by atoms with E-state index in [0.717, 1.165) is 57.1 Å². The molecule has 0 bridgehead atoms. The van der Waals surface area contributed by atoms with Crippen LogP contribution >= 0.6 is 24.8 Å². The van der Waals surface area contributed by atoms with Crippen molar-refractivity contribution in [3.8, 4) is 0 Å². The normalized spacial score (nSPS) is 20.4. The molecule has 2 aliphatic heterocycles. The minimum atomic E-state index is 0. The molecule has 2 N–H and O–H groups in total. The molecule has 2 fully saturated rings. The average molecular weight is 390 g/mol. The van der Waals surface area contributed by atoms with E-state index in [0.29, 0.717) is 12.5 Å². The van der Waals surface area contributed by atoms with Crippen LogP contribution in [0.5, 0.6) is 0 Å². The van der Waals surface area contributed by atoms with E-state index in [9.17, 15) is 4.79 Å². The van der Waals surface area contributed by atoms with Gasteiger partial charge in [-0.25, -0.2) is 0 Å². The fourth-order valence-electron chi connectivity index (χ4n) is 3.28. The van der Waals surface area contributed by atoms with E-state index in [4.69, 9.17) is 4.74 Å². The number of rotatable bonds is 5. The third-order valence-electron chi connectivity index (χ3n) is 4.68. The summed E-state index contributed by atoms with van der Waals surface area (Å²) in [6.07, 6.45) is 2.84. The molecular weight excluding hydrogens is 361 g/mol. The lowest BCUT2D eigenvalue weighted by Gasteiger charge is -2.26. The number of anilines is 1. The molecule has 2 heterocycles. The molecule has 0 radical (unpaired) electrons. The second-order valence-corrected chi connectivity index (χ2v) is 6.58. The van der Waals surface area contributed by atoms with Crippen LogP contribution in [0.2, 0.25) is 0 Å². The second-order valence-electron chi connectivity index (χ2n) is 6.58. The summed E-state index contributed by atoms with van der Waals surface area (Å²) in [5.41, 5.74) is 3.30. The summed E-state index contributed by atoms with van der Waals surface area (Å²) >= 11 is 0. The van der Waals surface area contributed by atoms with Crippen LogP contribution in [0.25, 0.3) is 0 Å². The lowest BCUT2D eigenvalue weighted by molar-refractivity contribution is -0.116. The van der Waals surface area contributed by atoms with Crippen LogP contribution in [0.3, 0.4) is 0 Å². The number of hydrogen-bond acceptors (Lipinski definition) is 4. The van der Waals surface area contributed by atoms with Crippen molar-refractivity contribution < 1.29 is 9.53 Å². The number of amides is 1. The fraction of sp³-hybridized carbons (Fsp3) is 0.611. The summed E-state index contributed by atoms with van der Waals surface area (Å²) in [6, 6.07) is 6.70. The number of aryl methyl sites for hydroxylation is 1. The smallest absolute Gasteiger partial charge is 0.225 e. The van der Waals surface area contributed by atoms with Crippen LogP contribution in [-0.2, 0) is 16.1 Å². The first-order chi connectivity index (χ1) is 11.2. The zero-order valence-electron chi connectivity index (χ0n) is 14.8. The number of hydrogen-bond donors (Lipinski definition) is 2. The van der Waals surface area contributed by atoms with Crippen molar-refractivity contribution in [3.63, 3.8) is 0 Å². The Morgan fingerprint density at radius 2 is 2.08 bits per heavy atom. The lowest BCUT2D eigenvalue weighted by atomic mass is 10.1. The van der Waals surface area contributed by atoms with Crippen molar-refractivity contribution in [2.45, 2.75) is 38.8 Å². The van der Waals surface area contributed by atoms with Gasteiger partial charge in [-0.2, -0.15) is 0 Å². The molecule has 142 valence electrons. The molecule has 2 saturated heterocycles. The zero-order valence-corrected chi connectivity index (χ0v) is 16.4. The Kier molecular flexibility index (Phi) is 9.75. The van der Waals surface area contributed by atoms with Gasteiger partial charge in [0, 0.05) is 37.8 Å². The van der Waals surface area contributed by atoms with Gasteiger partial charge in [0.2, 0.25) is 5.91 Å². The quantitative estimate of drug-likeness (QED) is 0.812. The van der Waals surface area contributed by atoms with Crippen LogP contribution in [0.4, 0.5) is 5.69 Å². The molecule has 7 heteroatoms. The Labute approximate surface area is 162 Å². The summed E-state index contributed by atoms with van der Waals surface area (Å²) in [5, 5.41) is 6.47. The zero-order chi connectivity index (χ0) is 16.1. The summed E-state index contributed by atoms with van der Waals surface area (Å²) in [7, 11) is 0. The Morgan fingerprint density at radius 1 is 1.32 bits per heavy atom. The van der Waals surface area contributed by atoms with E-state index < -0.39 is 0 Å². The van der Waals surface area contributed by atoms with Gasteiger partial charge in [-0.15, -0.1) is 24.8 Å². The maximum Gasteiger partial charge on any atom is 0.225 e. The molecule has 0 aromatic heterocycles. The van der Waals surface area contributed by atoms with Gasteiger partial charge in [-0.05, 0) is 43.5 Å². The number of morpholine rings is 1. The summed E-state index contributed by atoms with van der Waals surface area (Å²) in [6.45, 7) is 7.56. The minimum absolute atomic E-state index is 0. The molecule has 1 atom stereocenters. The molecule has 25 heavy (non-hydrogen) atoms. The maximum atomic E-state index is 12.2. The van der Waals surface area contributed by atoms with Crippen molar-refractivity contribution >= 4 is 36.4 Å². The largest absolute Gasteiger partial charge is 0.379 e. The van der Waals surface area contributed by atoms with Gasteiger partial charge in [0.25, 0.3) is 0 Å². The van der Waals surface area contributed by atoms with Crippen molar-refractivity contribution in [1.29, 1.82) is 0 Å². The molecular formula is C18H29Cl2N3O2. The highest BCUT2D eigenvalue weighted by Gasteiger charge is 2.18. The molecule has 1 aromatic rings. The SMILES string of the molecule is Cc1ccc(CN2CCOCC2)cc1NC(=O)CC1CCCN1.Cl.Cl. The minimum Gasteiger partial charge on any atom is -0.379 e. The monoisotopic (exact) mass is 389 g/mol. The summed E-state index contributed by atoms with van der Waals surface area (Å²) in [5.74, 6) is 0.107. The van der Waals surface area contributed by atoms with Gasteiger partial charge in [-0.1, -0.05) is 12.1 Å². The van der Waals surface area contributed by atoms with E-state index in [2.05, 4.69) is 33.7 Å². The first-order valence-corrected chi connectivity index (χ1v) is 8.63. The van der Waals surface area contributed by atoms with Gasteiger partial charge in [0.1, 0.15) is 0 Å². The third kappa shape index (κ3) is 6.76. The van der Waals surface area contributed by atoms with Gasteiger partial charge in [0.05, 0.1) is 13.2 Å². The number of halogens is 2. The van der Waals surface area contributed by atoms with Crippen LogP contribution in [-0.4, -0.2) is 49.7 Å². The van der Waals surface area contributed by atoms with Gasteiger partial charge < -0.3 is 15.4 Å². The maximum absolute atomic E-state index is 12.2. The van der Waals surface area contributed by atoms with Crippen molar-refractivity contribution in [2.75, 3.05) is 38.2 Å². The molecule has 0 saturated carbocycles. The van der Waals surface area contributed by atoms with Crippen molar-refractivity contribution in [2.24, 2.45) is 0 Å². The highest BCUT2D eigenvalue weighted by Crippen LogP contribution is 2.19. The molecule has 1 unspecified atom stereocenters. The average Bonchev–Trinajstić information content (AvgIpc) is 3.04.